The molecular weight excluding hydrogens is 444 g/mol. The molecule has 0 bridgehead atoms. The monoisotopic (exact) mass is 484 g/mol. The summed E-state index contributed by atoms with van der Waals surface area (Å²) in [5.41, 5.74) is 6.94. The van der Waals surface area contributed by atoms with E-state index in [1.165, 1.54) is 16.8 Å². The molecular formula is C32H40N2O2. The number of amides is 1. The number of hydrogen-bond acceptors (Lipinski definition) is 3. The molecule has 0 spiro atoms. The third kappa shape index (κ3) is 5.75. The van der Waals surface area contributed by atoms with Crippen LogP contribution in [0.5, 0.6) is 5.75 Å². The fourth-order valence-electron chi connectivity index (χ4n) is 5.03. The average molecular weight is 485 g/mol. The van der Waals surface area contributed by atoms with Gasteiger partial charge in [0.1, 0.15) is 5.75 Å². The highest BCUT2D eigenvalue weighted by molar-refractivity contribution is 5.98. The number of anilines is 2. The van der Waals surface area contributed by atoms with Crippen molar-refractivity contribution in [3.05, 3.63) is 89.0 Å². The first-order valence-electron chi connectivity index (χ1n) is 13.4. The average Bonchev–Trinajstić information content (AvgIpc) is 2.91. The van der Waals surface area contributed by atoms with E-state index in [0.717, 1.165) is 48.4 Å². The fraction of sp³-hybridized carbons (Fsp3) is 0.406. The van der Waals surface area contributed by atoms with E-state index < -0.39 is 0 Å². The number of benzene rings is 3. The van der Waals surface area contributed by atoms with Crippen molar-refractivity contribution in [3.8, 4) is 5.75 Å². The van der Waals surface area contributed by atoms with Crippen molar-refractivity contribution in [1.82, 2.24) is 0 Å². The fourth-order valence-corrected chi connectivity index (χ4v) is 5.03. The van der Waals surface area contributed by atoms with Gasteiger partial charge in [-0.3, -0.25) is 4.79 Å². The third-order valence-electron chi connectivity index (χ3n) is 7.37. The van der Waals surface area contributed by atoms with Gasteiger partial charge in [0.25, 0.3) is 0 Å². The van der Waals surface area contributed by atoms with Gasteiger partial charge in [-0.2, -0.15) is 0 Å². The maximum atomic E-state index is 14.3. The lowest BCUT2D eigenvalue weighted by Gasteiger charge is -2.32. The molecule has 1 aliphatic rings. The summed E-state index contributed by atoms with van der Waals surface area (Å²) >= 11 is 0. The molecule has 4 nitrogen and oxygen atoms in total. The molecule has 36 heavy (non-hydrogen) atoms. The molecule has 3 aromatic carbocycles. The van der Waals surface area contributed by atoms with Gasteiger partial charge >= 0.3 is 0 Å². The van der Waals surface area contributed by atoms with Gasteiger partial charge in [0.2, 0.25) is 5.91 Å². The van der Waals surface area contributed by atoms with E-state index in [0.29, 0.717) is 19.1 Å². The lowest BCUT2D eigenvalue weighted by Crippen LogP contribution is -2.36. The highest BCUT2D eigenvalue weighted by Crippen LogP contribution is 2.37. The molecule has 0 saturated heterocycles. The van der Waals surface area contributed by atoms with Gasteiger partial charge < -0.3 is 14.5 Å². The van der Waals surface area contributed by atoms with E-state index in [-0.39, 0.29) is 11.8 Å². The zero-order valence-electron chi connectivity index (χ0n) is 22.5. The lowest BCUT2D eigenvalue weighted by molar-refractivity contribution is -0.120. The summed E-state index contributed by atoms with van der Waals surface area (Å²) in [6.07, 6.45) is 2.90. The number of fused-ring (bicyclic) bond motifs is 1. The Bertz CT molecular complexity index is 1150. The zero-order chi connectivity index (χ0) is 25.7. The highest BCUT2D eigenvalue weighted by Gasteiger charge is 2.31. The normalized spacial score (nSPS) is 14.9. The molecule has 0 aromatic heterocycles. The first-order valence-corrected chi connectivity index (χ1v) is 13.4. The summed E-state index contributed by atoms with van der Waals surface area (Å²) in [5, 5.41) is 0. The van der Waals surface area contributed by atoms with Crippen molar-refractivity contribution < 1.29 is 9.53 Å². The molecule has 4 rings (SSSR count). The molecule has 0 heterocycles. The van der Waals surface area contributed by atoms with Gasteiger partial charge in [0, 0.05) is 25.0 Å². The molecule has 1 amide bonds. The number of rotatable bonds is 9. The second-order valence-electron chi connectivity index (χ2n) is 10.1. The predicted molar refractivity (Wildman–Crippen MR) is 150 cm³/mol. The van der Waals surface area contributed by atoms with Crippen LogP contribution in [0.1, 0.15) is 74.6 Å². The quantitative estimate of drug-likeness (QED) is 0.319. The summed E-state index contributed by atoms with van der Waals surface area (Å²) in [4.78, 5) is 18.4. The van der Waals surface area contributed by atoms with Crippen LogP contribution in [0.3, 0.4) is 0 Å². The Balaban J connectivity index is 1.68. The number of carbonyl (C=O) groups excluding carboxylic acids is 1. The van der Waals surface area contributed by atoms with E-state index in [1.807, 2.05) is 17.9 Å². The largest absolute Gasteiger partial charge is 0.494 e. The Hall–Kier alpha value is -3.27. The standard InChI is InChI=1S/C32H40N2O2/c1-6-33(5)27-16-11-24(12-17-27)22-34(28-18-13-25(14-19-28)23(3)4)32(35)30-10-8-9-26-15-20-29(36-7-2)21-31(26)30/h11-21,23,30H,6-10,22H2,1-5H3. The van der Waals surface area contributed by atoms with Crippen molar-refractivity contribution in [2.75, 3.05) is 30.0 Å². The number of hydrogen-bond donors (Lipinski definition) is 0. The molecule has 1 atom stereocenters. The smallest absolute Gasteiger partial charge is 0.234 e. The van der Waals surface area contributed by atoms with Gasteiger partial charge in [0.05, 0.1) is 19.1 Å². The number of carbonyl (C=O) groups is 1. The molecule has 1 aliphatic carbocycles. The minimum Gasteiger partial charge on any atom is -0.494 e. The predicted octanol–water partition coefficient (Wildman–Crippen LogP) is 7.32. The maximum Gasteiger partial charge on any atom is 0.234 e. The summed E-state index contributed by atoms with van der Waals surface area (Å²) in [7, 11) is 2.10. The summed E-state index contributed by atoms with van der Waals surface area (Å²) in [5.74, 6) is 1.30. The van der Waals surface area contributed by atoms with Crippen molar-refractivity contribution >= 4 is 17.3 Å². The topological polar surface area (TPSA) is 32.8 Å². The van der Waals surface area contributed by atoms with Gasteiger partial charge in [-0.15, -0.1) is 0 Å². The molecule has 4 heteroatoms. The molecule has 0 saturated carbocycles. The van der Waals surface area contributed by atoms with Crippen LogP contribution in [0.4, 0.5) is 11.4 Å². The SMILES string of the molecule is CCOc1ccc2c(c1)C(C(=O)N(Cc1ccc(N(C)CC)cc1)c1ccc(C(C)C)cc1)CCC2. The number of nitrogens with zero attached hydrogens (tertiary/aromatic N) is 2. The second kappa shape index (κ2) is 11.6. The maximum absolute atomic E-state index is 14.3. The molecule has 1 unspecified atom stereocenters. The van der Waals surface area contributed by atoms with Gasteiger partial charge in [0.15, 0.2) is 0 Å². The van der Waals surface area contributed by atoms with Gasteiger partial charge in [-0.05, 0) is 97.7 Å². The number of ether oxygens (including phenoxy) is 1. The van der Waals surface area contributed by atoms with E-state index in [9.17, 15) is 4.79 Å². The van der Waals surface area contributed by atoms with Crippen LogP contribution < -0.4 is 14.5 Å². The summed E-state index contributed by atoms with van der Waals surface area (Å²) in [6, 6.07) is 23.4. The molecule has 3 aromatic rings. The van der Waals surface area contributed by atoms with Crippen LogP contribution in [0, 0.1) is 0 Å². The van der Waals surface area contributed by atoms with Crippen LogP contribution in [-0.2, 0) is 17.8 Å². The van der Waals surface area contributed by atoms with Crippen LogP contribution in [0.15, 0.2) is 66.7 Å². The lowest BCUT2D eigenvalue weighted by atomic mass is 9.81. The highest BCUT2D eigenvalue weighted by atomic mass is 16.5. The Kier molecular flexibility index (Phi) is 8.35. The van der Waals surface area contributed by atoms with Crippen molar-refractivity contribution in [2.45, 2.75) is 65.3 Å². The molecule has 0 aliphatic heterocycles. The third-order valence-corrected chi connectivity index (χ3v) is 7.37. The minimum atomic E-state index is -0.163. The van der Waals surface area contributed by atoms with Crippen LogP contribution >= 0.6 is 0 Å². The summed E-state index contributed by atoms with van der Waals surface area (Å²) < 4.78 is 5.79. The first kappa shape index (κ1) is 25.8. The van der Waals surface area contributed by atoms with E-state index in [2.05, 4.69) is 93.4 Å². The Labute approximate surface area is 216 Å². The van der Waals surface area contributed by atoms with E-state index in [4.69, 9.17) is 4.74 Å². The molecule has 0 fully saturated rings. The van der Waals surface area contributed by atoms with E-state index in [1.54, 1.807) is 0 Å². The van der Waals surface area contributed by atoms with Crippen molar-refractivity contribution in [3.63, 3.8) is 0 Å². The first-order chi connectivity index (χ1) is 17.4. The Morgan fingerprint density at radius 2 is 1.67 bits per heavy atom. The van der Waals surface area contributed by atoms with Crippen molar-refractivity contribution in [2.24, 2.45) is 0 Å². The van der Waals surface area contributed by atoms with Gasteiger partial charge in [-0.1, -0.05) is 44.2 Å². The molecule has 0 N–H and O–H groups in total. The zero-order valence-corrected chi connectivity index (χ0v) is 22.5. The van der Waals surface area contributed by atoms with E-state index >= 15 is 0 Å². The number of aryl methyl sites for hydroxylation is 1. The Morgan fingerprint density at radius 1 is 0.972 bits per heavy atom. The molecule has 190 valence electrons. The molecule has 0 radical (unpaired) electrons. The summed E-state index contributed by atoms with van der Waals surface area (Å²) in [6.45, 7) is 10.7. The Morgan fingerprint density at radius 3 is 2.31 bits per heavy atom. The minimum absolute atomic E-state index is 0.163. The van der Waals surface area contributed by atoms with Crippen LogP contribution in [0.2, 0.25) is 0 Å². The van der Waals surface area contributed by atoms with Crippen LogP contribution in [0.25, 0.3) is 0 Å². The second-order valence-corrected chi connectivity index (χ2v) is 10.1. The van der Waals surface area contributed by atoms with Gasteiger partial charge in [-0.25, -0.2) is 0 Å². The van der Waals surface area contributed by atoms with Crippen LogP contribution in [-0.4, -0.2) is 26.1 Å². The van der Waals surface area contributed by atoms with Crippen molar-refractivity contribution in [1.29, 1.82) is 0 Å².